The molecule has 68 valence electrons. The van der Waals surface area contributed by atoms with E-state index in [9.17, 15) is 0 Å². The highest BCUT2D eigenvalue weighted by Crippen LogP contribution is 2.00. The first-order chi connectivity index (χ1) is 5.85. The van der Waals surface area contributed by atoms with Crippen molar-refractivity contribution in [2.24, 2.45) is 5.84 Å². The molecule has 0 aliphatic carbocycles. The van der Waals surface area contributed by atoms with Crippen molar-refractivity contribution in [3.05, 3.63) is 30.3 Å². The van der Waals surface area contributed by atoms with Gasteiger partial charge >= 0.3 is 0 Å². The van der Waals surface area contributed by atoms with Crippen molar-refractivity contribution in [1.82, 2.24) is 10.9 Å². The van der Waals surface area contributed by atoms with Crippen LogP contribution in [0, 0.1) is 0 Å². The minimum Gasteiger partial charge on any atom is -0.324 e. The second kappa shape index (κ2) is 8.00. The fourth-order valence-electron chi connectivity index (χ4n) is 0.534. The van der Waals surface area contributed by atoms with E-state index in [1.165, 1.54) is 0 Å². The minimum atomic E-state index is 0.938. The lowest BCUT2D eigenvalue weighted by molar-refractivity contribution is 0.689. The minimum absolute atomic E-state index is 0.938. The van der Waals surface area contributed by atoms with Gasteiger partial charge in [0, 0.05) is 5.69 Å². The predicted molar refractivity (Wildman–Crippen MR) is 52.4 cm³/mol. The highest BCUT2D eigenvalue weighted by molar-refractivity contribution is 5.40. The molecule has 1 aromatic carbocycles. The maximum absolute atomic E-state index is 5.10. The first-order valence-electron chi connectivity index (χ1n) is 3.70. The molecule has 0 amide bonds. The summed E-state index contributed by atoms with van der Waals surface area (Å²) in [7, 11) is 3.64. The zero-order chi connectivity index (χ0) is 9.23. The number of hydrogen-bond acceptors (Lipinski definition) is 4. The third-order valence-electron chi connectivity index (χ3n) is 1.19. The number of nitrogens with two attached hydrogens (primary N) is 1. The first-order valence-corrected chi connectivity index (χ1v) is 3.70. The van der Waals surface area contributed by atoms with E-state index in [-0.39, 0.29) is 0 Å². The lowest BCUT2D eigenvalue weighted by Gasteiger charge is -1.94. The summed E-state index contributed by atoms with van der Waals surface area (Å²) >= 11 is 0. The number of anilines is 1. The molecule has 4 nitrogen and oxygen atoms in total. The van der Waals surface area contributed by atoms with Crippen LogP contribution in [-0.4, -0.2) is 14.1 Å². The van der Waals surface area contributed by atoms with Gasteiger partial charge in [-0.25, -0.2) is 0 Å². The Bertz CT molecular complexity index is 174. The van der Waals surface area contributed by atoms with Gasteiger partial charge in [0.15, 0.2) is 0 Å². The summed E-state index contributed by atoms with van der Waals surface area (Å²) in [6.07, 6.45) is 0. The van der Waals surface area contributed by atoms with Gasteiger partial charge in [-0.2, -0.15) is 0 Å². The van der Waals surface area contributed by atoms with E-state index in [2.05, 4.69) is 16.3 Å². The van der Waals surface area contributed by atoms with E-state index < -0.39 is 0 Å². The molecular weight excluding hydrogens is 152 g/mol. The van der Waals surface area contributed by atoms with Gasteiger partial charge in [-0.15, -0.1) is 0 Å². The normalized spacial score (nSPS) is 8.25. The number of nitrogens with one attached hydrogen (secondary N) is 3. The van der Waals surface area contributed by atoms with E-state index >= 15 is 0 Å². The van der Waals surface area contributed by atoms with Gasteiger partial charge in [-0.1, -0.05) is 18.2 Å². The van der Waals surface area contributed by atoms with E-state index in [0.29, 0.717) is 0 Å². The molecule has 5 N–H and O–H groups in total. The molecule has 0 aromatic heterocycles. The highest BCUT2D eigenvalue weighted by Gasteiger charge is 1.78. The van der Waals surface area contributed by atoms with Crippen molar-refractivity contribution >= 4 is 5.69 Å². The summed E-state index contributed by atoms with van der Waals surface area (Å²) in [5.41, 5.74) is 8.83. The summed E-state index contributed by atoms with van der Waals surface area (Å²) in [5.74, 6) is 5.10. The maximum Gasteiger partial charge on any atom is 0.0485 e. The lowest BCUT2D eigenvalue weighted by Crippen LogP contribution is -2.21. The number of para-hydroxylation sites is 1. The molecule has 0 fully saturated rings. The Hall–Kier alpha value is -1.10. The van der Waals surface area contributed by atoms with Crippen molar-refractivity contribution in [2.75, 3.05) is 19.5 Å². The Kier molecular flexibility index (Phi) is 7.27. The summed E-state index contributed by atoms with van der Waals surface area (Å²) in [6, 6.07) is 9.60. The van der Waals surface area contributed by atoms with Gasteiger partial charge in [0.05, 0.1) is 0 Å². The number of nitrogen functional groups attached to an aromatic ring is 1. The molecule has 1 rings (SSSR count). The molecule has 0 aliphatic rings. The lowest BCUT2D eigenvalue weighted by atomic mass is 10.3. The van der Waals surface area contributed by atoms with Crippen LogP contribution in [0.3, 0.4) is 0 Å². The molecular formula is C8H16N4. The smallest absolute Gasteiger partial charge is 0.0485 e. The molecule has 0 radical (unpaired) electrons. The summed E-state index contributed by atoms with van der Waals surface area (Å²) in [6.45, 7) is 0. The highest BCUT2D eigenvalue weighted by atomic mass is 15.3. The van der Waals surface area contributed by atoms with Gasteiger partial charge in [0.1, 0.15) is 0 Å². The topological polar surface area (TPSA) is 62.1 Å². The monoisotopic (exact) mass is 168 g/mol. The van der Waals surface area contributed by atoms with Gasteiger partial charge < -0.3 is 5.43 Å². The van der Waals surface area contributed by atoms with Crippen LogP contribution in [0.2, 0.25) is 0 Å². The molecule has 0 spiro atoms. The van der Waals surface area contributed by atoms with Gasteiger partial charge in [0.2, 0.25) is 0 Å². The Morgan fingerprint density at radius 1 is 1.00 bits per heavy atom. The van der Waals surface area contributed by atoms with Gasteiger partial charge in [-0.3, -0.25) is 16.7 Å². The predicted octanol–water partition coefficient (Wildman–Crippen LogP) is 0.312. The number of benzene rings is 1. The van der Waals surface area contributed by atoms with E-state index in [1.54, 1.807) is 0 Å². The molecule has 0 heterocycles. The van der Waals surface area contributed by atoms with Crippen LogP contribution in [0.5, 0.6) is 0 Å². The molecule has 0 saturated carbocycles. The molecule has 1 aromatic rings. The van der Waals surface area contributed by atoms with E-state index in [0.717, 1.165) is 5.69 Å². The number of rotatable bonds is 2. The SMILES string of the molecule is CNNC.NNc1ccccc1. The fraction of sp³-hybridized carbons (Fsp3) is 0.250. The van der Waals surface area contributed by atoms with E-state index in [4.69, 9.17) is 5.84 Å². The summed E-state index contributed by atoms with van der Waals surface area (Å²) in [5, 5.41) is 0. The molecule has 0 atom stereocenters. The molecule has 0 bridgehead atoms. The Morgan fingerprint density at radius 3 is 1.75 bits per heavy atom. The number of hydrogen-bond donors (Lipinski definition) is 4. The van der Waals surface area contributed by atoms with Crippen LogP contribution in [0.4, 0.5) is 5.69 Å². The van der Waals surface area contributed by atoms with Crippen LogP contribution >= 0.6 is 0 Å². The molecule has 12 heavy (non-hydrogen) atoms. The largest absolute Gasteiger partial charge is 0.324 e. The molecule has 0 aliphatic heterocycles. The summed E-state index contributed by atoms with van der Waals surface area (Å²) < 4.78 is 0. The van der Waals surface area contributed by atoms with Gasteiger partial charge in [-0.05, 0) is 26.2 Å². The quantitative estimate of drug-likeness (QED) is 0.379. The van der Waals surface area contributed by atoms with Crippen LogP contribution < -0.4 is 22.1 Å². The summed E-state index contributed by atoms with van der Waals surface area (Å²) in [4.78, 5) is 0. The third kappa shape index (κ3) is 5.67. The van der Waals surface area contributed by atoms with Crippen molar-refractivity contribution < 1.29 is 0 Å². The molecule has 0 unspecified atom stereocenters. The van der Waals surface area contributed by atoms with Crippen LogP contribution in [0.15, 0.2) is 30.3 Å². The zero-order valence-corrected chi connectivity index (χ0v) is 7.46. The zero-order valence-electron chi connectivity index (χ0n) is 7.46. The van der Waals surface area contributed by atoms with Crippen LogP contribution in [0.1, 0.15) is 0 Å². The Morgan fingerprint density at radius 2 is 1.50 bits per heavy atom. The first kappa shape index (κ1) is 10.9. The standard InChI is InChI=1S/C6H8N2.C2H8N2/c7-8-6-4-2-1-3-5-6;1-3-4-2/h1-5,8H,7H2;3-4H,1-2H3. The molecule has 4 heteroatoms. The van der Waals surface area contributed by atoms with Crippen LogP contribution in [0.25, 0.3) is 0 Å². The van der Waals surface area contributed by atoms with Crippen LogP contribution in [-0.2, 0) is 0 Å². The maximum atomic E-state index is 5.10. The number of hydrazine groups is 2. The Labute approximate surface area is 73.1 Å². The Balaban J connectivity index is 0.000000261. The molecule has 0 saturated heterocycles. The fourth-order valence-corrected chi connectivity index (χ4v) is 0.534. The van der Waals surface area contributed by atoms with Crippen molar-refractivity contribution in [3.63, 3.8) is 0 Å². The van der Waals surface area contributed by atoms with E-state index in [1.807, 2.05) is 44.4 Å². The van der Waals surface area contributed by atoms with Crippen molar-refractivity contribution in [1.29, 1.82) is 0 Å². The second-order valence-electron chi connectivity index (χ2n) is 2.01. The van der Waals surface area contributed by atoms with Crippen molar-refractivity contribution in [3.8, 4) is 0 Å². The van der Waals surface area contributed by atoms with Gasteiger partial charge in [0.25, 0.3) is 0 Å². The average molecular weight is 168 g/mol. The average Bonchev–Trinajstić information content (AvgIpc) is 2.19. The second-order valence-corrected chi connectivity index (χ2v) is 2.01. The third-order valence-corrected chi connectivity index (χ3v) is 1.19. The van der Waals surface area contributed by atoms with Crippen molar-refractivity contribution in [2.45, 2.75) is 0 Å².